The number of carbonyl (C=O) groups excluding carboxylic acids is 1. The van der Waals surface area contributed by atoms with Gasteiger partial charge in [-0.1, -0.05) is 44.2 Å². The molecule has 0 spiro atoms. The van der Waals surface area contributed by atoms with Crippen LogP contribution in [0.2, 0.25) is 0 Å². The molecule has 0 bridgehead atoms. The lowest BCUT2D eigenvalue weighted by Gasteiger charge is -2.37. The number of amides is 1. The summed E-state index contributed by atoms with van der Waals surface area (Å²) < 4.78 is 0. The Bertz CT molecular complexity index is 450. The van der Waals surface area contributed by atoms with E-state index in [2.05, 4.69) is 31.3 Å². The topological polar surface area (TPSA) is 55.1 Å². The third-order valence-electron chi connectivity index (χ3n) is 5.04. The summed E-state index contributed by atoms with van der Waals surface area (Å²) >= 11 is 0. The summed E-state index contributed by atoms with van der Waals surface area (Å²) in [5.74, 6) is 1.20. The first kappa shape index (κ1) is 16.0. The molecule has 1 aliphatic carbocycles. The van der Waals surface area contributed by atoms with E-state index < -0.39 is 0 Å². The molecule has 3 heteroatoms. The molecule has 0 heterocycles. The van der Waals surface area contributed by atoms with Crippen LogP contribution in [0.4, 0.5) is 0 Å². The Labute approximate surface area is 128 Å². The molecule has 0 aromatic heterocycles. The van der Waals surface area contributed by atoms with Crippen molar-refractivity contribution in [1.82, 2.24) is 5.32 Å². The van der Waals surface area contributed by atoms with Gasteiger partial charge >= 0.3 is 0 Å². The summed E-state index contributed by atoms with van der Waals surface area (Å²) in [4.78, 5) is 12.6. The Morgan fingerprint density at radius 1 is 1.33 bits per heavy atom. The SMILES string of the molecule is CC1CCC(CN)(C(=O)NCC(C)c2ccccc2)CC1. The Hall–Kier alpha value is -1.35. The van der Waals surface area contributed by atoms with Crippen molar-refractivity contribution in [3.8, 4) is 0 Å². The first-order chi connectivity index (χ1) is 10.1. The Kier molecular flexibility index (Phi) is 5.40. The third kappa shape index (κ3) is 3.85. The molecule has 116 valence electrons. The van der Waals surface area contributed by atoms with Crippen LogP contribution in [0.5, 0.6) is 0 Å². The highest BCUT2D eigenvalue weighted by atomic mass is 16.2. The summed E-state index contributed by atoms with van der Waals surface area (Å²) in [5.41, 5.74) is 6.87. The average molecular weight is 288 g/mol. The minimum atomic E-state index is -0.330. The average Bonchev–Trinajstić information content (AvgIpc) is 2.54. The molecule has 1 aromatic rings. The molecule has 1 unspecified atom stereocenters. The minimum absolute atomic E-state index is 0.152. The van der Waals surface area contributed by atoms with Crippen LogP contribution in [0.1, 0.15) is 51.0 Å². The van der Waals surface area contributed by atoms with Gasteiger partial charge in [-0.15, -0.1) is 0 Å². The van der Waals surface area contributed by atoms with E-state index in [0.29, 0.717) is 19.0 Å². The van der Waals surface area contributed by atoms with Crippen LogP contribution in [-0.4, -0.2) is 19.0 Å². The van der Waals surface area contributed by atoms with Gasteiger partial charge in [-0.3, -0.25) is 4.79 Å². The van der Waals surface area contributed by atoms with Crippen molar-refractivity contribution >= 4 is 5.91 Å². The van der Waals surface area contributed by atoms with E-state index in [1.807, 2.05) is 18.2 Å². The molecule has 1 aromatic carbocycles. The third-order valence-corrected chi connectivity index (χ3v) is 5.04. The molecule has 21 heavy (non-hydrogen) atoms. The van der Waals surface area contributed by atoms with E-state index in [4.69, 9.17) is 5.73 Å². The number of nitrogens with one attached hydrogen (secondary N) is 1. The lowest BCUT2D eigenvalue weighted by molar-refractivity contribution is -0.132. The second kappa shape index (κ2) is 7.08. The number of hydrogen-bond acceptors (Lipinski definition) is 2. The first-order valence-corrected chi connectivity index (χ1v) is 8.11. The Morgan fingerprint density at radius 3 is 2.52 bits per heavy atom. The summed E-state index contributed by atoms with van der Waals surface area (Å²) in [6, 6.07) is 10.3. The summed E-state index contributed by atoms with van der Waals surface area (Å²) in [7, 11) is 0. The maximum absolute atomic E-state index is 12.6. The quantitative estimate of drug-likeness (QED) is 0.875. The van der Waals surface area contributed by atoms with Crippen molar-refractivity contribution in [2.45, 2.75) is 45.4 Å². The highest BCUT2D eigenvalue weighted by molar-refractivity contribution is 5.83. The van der Waals surface area contributed by atoms with Gasteiger partial charge < -0.3 is 11.1 Å². The van der Waals surface area contributed by atoms with Crippen LogP contribution >= 0.6 is 0 Å². The highest BCUT2D eigenvalue weighted by Crippen LogP contribution is 2.38. The van der Waals surface area contributed by atoms with Crippen LogP contribution in [0.25, 0.3) is 0 Å². The molecule has 3 N–H and O–H groups in total. The van der Waals surface area contributed by atoms with Crippen LogP contribution in [0.15, 0.2) is 30.3 Å². The Morgan fingerprint density at radius 2 is 1.95 bits per heavy atom. The van der Waals surface area contributed by atoms with Gasteiger partial charge in [0.05, 0.1) is 5.41 Å². The smallest absolute Gasteiger partial charge is 0.227 e. The number of benzene rings is 1. The fraction of sp³-hybridized carbons (Fsp3) is 0.611. The van der Waals surface area contributed by atoms with E-state index in [1.54, 1.807) is 0 Å². The van der Waals surface area contributed by atoms with Gasteiger partial charge in [0, 0.05) is 13.1 Å². The van der Waals surface area contributed by atoms with E-state index in [1.165, 1.54) is 5.56 Å². The van der Waals surface area contributed by atoms with Crippen molar-refractivity contribution in [3.05, 3.63) is 35.9 Å². The highest BCUT2D eigenvalue weighted by Gasteiger charge is 2.39. The number of rotatable bonds is 5. The van der Waals surface area contributed by atoms with E-state index >= 15 is 0 Å². The van der Waals surface area contributed by atoms with Crippen LogP contribution in [-0.2, 0) is 4.79 Å². The van der Waals surface area contributed by atoms with E-state index in [9.17, 15) is 4.79 Å². The summed E-state index contributed by atoms with van der Waals surface area (Å²) in [6.45, 7) is 5.55. The molecule has 1 atom stereocenters. The first-order valence-electron chi connectivity index (χ1n) is 8.11. The molecule has 3 nitrogen and oxygen atoms in total. The maximum atomic E-state index is 12.6. The van der Waals surface area contributed by atoms with Crippen molar-refractivity contribution in [1.29, 1.82) is 0 Å². The number of carbonyl (C=O) groups is 1. The predicted molar refractivity (Wildman–Crippen MR) is 87.0 cm³/mol. The van der Waals surface area contributed by atoms with Gasteiger partial charge in [0.25, 0.3) is 0 Å². The predicted octanol–water partition coefficient (Wildman–Crippen LogP) is 3.06. The number of hydrogen-bond donors (Lipinski definition) is 2. The van der Waals surface area contributed by atoms with Crippen LogP contribution in [0.3, 0.4) is 0 Å². The molecule has 0 saturated heterocycles. The molecule has 1 saturated carbocycles. The van der Waals surface area contributed by atoms with Gasteiger partial charge in [-0.25, -0.2) is 0 Å². The van der Waals surface area contributed by atoms with Crippen LogP contribution in [0, 0.1) is 11.3 Å². The lowest BCUT2D eigenvalue weighted by Crippen LogP contribution is -2.48. The Balaban J connectivity index is 1.91. The fourth-order valence-electron chi connectivity index (χ4n) is 3.17. The maximum Gasteiger partial charge on any atom is 0.227 e. The van der Waals surface area contributed by atoms with Gasteiger partial charge in [-0.05, 0) is 43.1 Å². The molecule has 1 fully saturated rings. The zero-order valence-electron chi connectivity index (χ0n) is 13.3. The van der Waals surface area contributed by atoms with Crippen molar-refractivity contribution in [2.75, 3.05) is 13.1 Å². The van der Waals surface area contributed by atoms with E-state index in [0.717, 1.165) is 31.6 Å². The largest absolute Gasteiger partial charge is 0.355 e. The second-order valence-corrected chi connectivity index (χ2v) is 6.69. The van der Waals surface area contributed by atoms with Crippen molar-refractivity contribution < 1.29 is 4.79 Å². The van der Waals surface area contributed by atoms with Crippen molar-refractivity contribution in [2.24, 2.45) is 17.1 Å². The number of nitrogens with two attached hydrogens (primary N) is 1. The van der Waals surface area contributed by atoms with Gasteiger partial charge in [-0.2, -0.15) is 0 Å². The minimum Gasteiger partial charge on any atom is -0.355 e. The molecular formula is C18H28N2O. The molecule has 1 aliphatic rings. The molecule has 2 rings (SSSR count). The van der Waals surface area contributed by atoms with Crippen LogP contribution < -0.4 is 11.1 Å². The zero-order chi connectivity index (χ0) is 15.3. The fourth-order valence-corrected chi connectivity index (χ4v) is 3.17. The van der Waals surface area contributed by atoms with Gasteiger partial charge in [0.2, 0.25) is 5.91 Å². The normalized spacial score (nSPS) is 27.1. The molecule has 0 aliphatic heterocycles. The molecule has 1 amide bonds. The van der Waals surface area contributed by atoms with Gasteiger partial charge in [0.1, 0.15) is 0 Å². The van der Waals surface area contributed by atoms with E-state index in [-0.39, 0.29) is 11.3 Å². The van der Waals surface area contributed by atoms with Crippen molar-refractivity contribution in [3.63, 3.8) is 0 Å². The van der Waals surface area contributed by atoms with Gasteiger partial charge in [0.15, 0.2) is 0 Å². The monoisotopic (exact) mass is 288 g/mol. The standard InChI is InChI=1S/C18H28N2O/c1-14-8-10-18(13-19,11-9-14)17(21)20-12-15(2)16-6-4-3-5-7-16/h3-7,14-15H,8-13,19H2,1-2H3,(H,20,21). The molecule has 0 radical (unpaired) electrons. The summed E-state index contributed by atoms with van der Waals surface area (Å²) in [6.07, 6.45) is 4.07. The zero-order valence-corrected chi connectivity index (χ0v) is 13.3. The molecular weight excluding hydrogens is 260 g/mol. The second-order valence-electron chi connectivity index (χ2n) is 6.69. The lowest BCUT2D eigenvalue weighted by atomic mass is 9.70. The summed E-state index contributed by atoms with van der Waals surface area (Å²) in [5, 5.41) is 3.14.